The molecule has 1 aliphatic carbocycles. The molecule has 28 heavy (non-hydrogen) atoms. The molecular weight excluding hydrogens is 399 g/mol. The van der Waals surface area contributed by atoms with Gasteiger partial charge in [0, 0.05) is 16.6 Å². The Morgan fingerprint density at radius 1 is 1.14 bits per heavy atom. The maximum atomic E-state index is 13.0. The van der Waals surface area contributed by atoms with Crippen molar-refractivity contribution < 1.29 is 14.4 Å². The van der Waals surface area contributed by atoms with E-state index >= 15 is 0 Å². The lowest BCUT2D eigenvalue weighted by Gasteiger charge is -2.27. The normalized spacial score (nSPS) is 22.5. The molecule has 150 valence electrons. The molecule has 2 aliphatic rings. The molecule has 0 spiro atoms. The molecule has 0 bridgehead atoms. The molecule has 3 unspecified atom stereocenters. The van der Waals surface area contributed by atoms with Gasteiger partial charge in [0.2, 0.25) is 17.7 Å². The Hall–Kier alpha value is -1.85. The van der Waals surface area contributed by atoms with Gasteiger partial charge in [0.15, 0.2) is 0 Å². The number of likely N-dealkylation sites (tertiary alicyclic amines) is 1. The minimum absolute atomic E-state index is 0.149. The van der Waals surface area contributed by atoms with Gasteiger partial charge in [-0.2, -0.15) is 0 Å². The van der Waals surface area contributed by atoms with Gasteiger partial charge < -0.3 is 5.32 Å². The highest BCUT2D eigenvalue weighted by atomic mass is 35.5. The first-order valence-electron chi connectivity index (χ1n) is 9.53. The standard InChI is InChI=1S/C21H24Cl2N2O3/c1-12(2)9-18(19(26)24-11-13-7-8-14(22)10-17(13)23)25-20(27)15-5-3-4-6-16(15)21(25)28/h3-4,7-8,10,12,15-16,18H,5-6,9,11H2,1-2H3,(H,24,26). The van der Waals surface area contributed by atoms with Crippen LogP contribution in [-0.2, 0) is 20.9 Å². The third-order valence-corrected chi connectivity index (χ3v) is 5.91. The number of fused-ring (bicyclic) bond motifs is 1. The Balaban J connectivity index is 1.77. The van der Waals surface area contributed by atoms with Crippen molar-refractivity contribution in [3.8, 4) is 0 Å². The van der Waals surface area contributed by atoms with E-state index in [4.69, 9.17) is 23.2 Å². The van der Waals surface area contributed by atoms with Crippen molar-refractivity contribution in [3.63, 3.8) is 0 Å². The Morgan fingerprint density at radius 2 is 1.75 bits per heavy atom. The van der Waals surface area contributed by atoms with E-state index in [1.165, 1.54) is 4.90 Å². The summed E-state index contributed by atoms with van der Waals surface area (Å²) in [4.78, 5) is 40.0. The van der Waals surface area contributed by atoms with Crippen LogP contribution in [0.25, 0.3) is 0 Å². The van der Waals surface area contributed by atoms with E-state index in [1.54, 1.807) is 18.2 Å². The van der Waals surface area contributed by atoms with E-state index in [9.17, 15) is 14.4 Å². The summed E-state index contributed by atoms with van der Waals surface area (Å²) in [6.45, 7) is 4.14. The first-order chi connectivity index (χ1) is 13.3. The number of hydrogen-bond acceptors (Lipinski definition) is 3. The maximum absolute atomic E-state index is 13.0. The lowest BCUT2D eigenvalue weighted by molar-refractivity contribution is -0.148. The van der Waals surface area contributed by atoms with Gasteiger partial charge in [0.1, 0.15) is 6.04 Å². The Kier molecular flexibility index (Phi) is 6.46. The summed E-state index contributed by atoms with van der Waals surface area (Å²) >= 11 is 12.1. The van der Waals surface area contributed by atoms with Gasteiger partial charge in [-0.05, 0) is 42.9 Å². The fourth-order valence-corrected chi connectivity index (χ4v) is 4.35. The van der Waals surface area contributed by atoms with Gasteiger partial charge in [0.25, 0.3) is 0 Å². The van der Waals surface area contributed by atoms with E-state index in [-0.39, 0.29) is 42.0 Å². The molecule has 1 aliphatic heterocycles. The summed E-state index contributed by atoms with van der Waals surface area (Å²) in [6.07, 6.45) is 5.42. The van der Waals surface area contributed by atoms with Crippen LogP contribution in [0.2, 0.25) is 10.0 Å². The van der Waals surface area contributed by atoms with Crippen molar-refractivity contribution in [2.24, 2.45) is 17.8 Å². The van der Waals surface area contributed by atoms with Crippen LogP contribution in [0.15, 0.2) is 30.4 Å². The first-order valence-corrected chi connectivity index (χ1v) is 10.3. The van der Waals surface area contributed by atoms with Crippen LogP contribution in [0.4, 0.5) is 0 Å². The topological polar surface area (TPSA) is 66.5 Å². The number of benzene rings is 1. The van der Waals surface area contributed by atoms with Crippen LogP contribution in [-0.4, -0.2) is 28.7 Å². The van der Waals surface area contributed by atoms with Crippen molar-refractivity contribution in [2.75, 3.05) is 0 Å². The van der Waals surface area contributed by atoms with E-state index < -0.39 is 6.04 Å². The van der Waals surface area contributed by atoms with E-state index in [0.717, 1.165) is 5.56 Å². The average Bonchev–Trinajstić information content (AvgIpc) is 2.90. The second kappa shape index (κ2) is 8.66. The third kappa shape index (κ3) is 4.26. The summed E-state index contributed by atoms with van der Waals surface area (Å²) in [5.41, 5.74) is 0.722. The van der Waals surface area contributed by atoms with Gasteiger partial charge in [-0.1, -0.05) is 55.3 Å². The number of halogens is 2. The Labute approximate surface area is 175 Å². The third-order valence-electron chi connectivity index (χ3n) is 5.32. The predicted molar refractivity (Wildman–Crippen MR) is 109 cm³/mol. The summed E-state index contributed by atoms with van der Waals surface area (Å²) in [6, 6.07) is 4.25. The van der Waals surface area contributed by atoms with E-state index in [2.05, 4.69) is 5.32 Å². The zero-order valence-electron chi connectivity index (χ0n) is 16.0. The smallest absolute Gasteiger partial charge is 0.243 e. The van der Waals surface area contributed by atoms with Gasteiger partial charge in [-0.15, -0.1) is 0 Å². The molecule has 7 heteroatoms. The van der Waals surface area contributed by atoms with Crippen LogP contribution in [0.1, 0.15) is 38.7 Å². The number of nitrogens with one attached hydrogen (secondary N) is 1. The van der Waals surface area contributed by atoms with Crippen molar-refractivity contribution in [2.45, 2.75) is 45.7 Å². The predicted octanol–water partition coefficient (Wildman–Crippen LogP) is 3.98. The number of nitrogens with zero attached hydrogens (tertiary/aromatic N) is 1. The second-order valence-corrected chi connectivity index (χ2v) is 8.64. The molecule has 3 amide bonds. The maximum Gasteiger partial charge on any atom is 0.243 e. The molecule has 1 heterocycles. The van der Waals surface area contributed by atoms with Gasteiger partial charge >= 0.3 is 0 Å². The lowest BCUT2D eigenvalue weighted by atomic mass is 9.85. The Bertz CT molecular complexity index is 796. The van der Waals surface area contributed by atoms with Crippen LogP contribution >= 0.6 is 23.2 Å². The molecule has 1 aromatic carbocycles. The van der Waals surface area contributed by atoms with E-state index in [1.807, 2.05) is 26.0 Å². The quantitative estimate of drug-likeness (QED) is 0.556. The summed E-state index contributed by atoms with van der Waals surface area (Å²) in [7, 11) is 0. The number of imide groups is 1. The van der Waals surface area contributed by atoms with Crippen LogP contribution in [0.3, 0.4) is 0 Å². The van der Waals surface area contributed by atoms with Crippen molar-refractivity contribution in [1.29, 1.82) is 0 Å². The fourth-order valence-electron chi connectivity index (χ4n) is 3.87. The molecular formula is C21H24Cl2N2O3. The highest BCUT2D eigenvalue weighted by molar-refractivity contribution is 6.35. The minimum atomic E-state index is -0.809. The van der Waals surface area contributed by atoms with Crippen molar-refractivity contribution >= 4 is 40.9 Å². The molecule has 1 saturated heterocycles. The summed E-state index contributed by atoms with van der Waals surface area (Å²) in [5, 5.41) is 3.81. The van der Waals surface area contributed by atoms with Crippen molar-refractivity contribution in [1.82, 2.24) is 10.2 Å². The highest BCUT2D eigenvalue weighted by Crippen LogP contribution is 2.37. The zero-order valence-corrected chi connectivity index (χ0v) is 17.5. The zero-order chi connectivity index (χ0) is 20.4. The van der Waals surface area contributed by atoms with E-state index in [0.29, 0.717) is 29.3 Å². The molecule has 3 rings (SSSR count). The molecule has 5 nitrogen and oxygen atoms in total. The van der Waals surface area contributed by atoms with Gasteiger partial charge in [0.05, 0.1) is 11.8 Å². The number of allylic oxidation sites excluding steroid dienone is 2. The Morgan fingerprint density at radius 3 is 2.29 bits per heavy atom. The summed E-state index contributed by atoms with van der Waals surface area (Å²) < 4.78 is 0. The molecule has 1 N–H and O–H groups in total. The molecule has 0 saturated carbocycles. The van der Waals surface area contributed by atoms with Crippen LogP contribution in [0.5, 0.6) is 0 Å². The number of hydrogen-bond donors (Lipinski definition) is 1. The minimum Gasteiger partial charge on any atom is -0.350 e. The lowest BCUT2D eigenvalue weighted by Crippen LogP contribution is -2.50. The SMILES string of the molecule is CC(C)CC(C(=O)NCc1ccc(Cl)cc1Cl)N1C(=O)C2CC=CCC2C1=O. The monoisotopic (exact) mass is 422 g/mol. The molecule has 1 fully saturated rings. The average molecular weight is 423 g/mol. The summed E-state index contributed by atoms with van der Waals surface area (Å²) in [5.74, 6) is -1.34. The second-order valence-electron chi connectivity index (χ2n) is 7.80. The largest absolute Gasteiger partial charge is 0.350 e. The number of amides is 3. The van der Waals surface area contributed by atoms with Crippen LogP contribution in [0, 0.1) is 17.8 Å². The van der Waals surface area contributed by atoms with Gasteiger partial charge in [-0.3, -0.25) is 19.3 Å². The first kappa shape index (κ1) is 20.9. The molecule has 1 aromatic rings. The van der Waals surface area contributed by atoms with Crippen LogP contribution < -0.4 is 5.32 Å². The molecule has 0 radical (unpaired) electrons. The van der Waals surface area contributed by atoms with Gasteiger partial charge in [-0.25, -0.2) is 0 Å². The number of rotatable bonds is 6. The highest BCUT2D eigenvalue weighted by Gasteiger charge is 2.51. The molecule has 3 atom stereocenters. The van der Waals surface area contributed by atoms with Crippen molar-refractivity contribution in [3.05, 3.63) is 46.0 Å². The fraction of sp³-hybridized carbons (Fsp3) is 0.476. The molecule has 0 aromatic heterocycles. The number of carbonyl (C=O) groups is 3. The number of carbonyl (C=O) groups excluding carboxylic acids is 3.